The number of hydrogen-bond donors (Lipinski definition) is 2. The average Bonchev–Trinajstić information content (AvgIpc) is 2.61. The van der Waals surface area contributed by atoms with Crippen molar-refractivity contribution in [3.63, 3.8) is 0 Å². The van der Waals surface area contributed by atoms with Crippen LogP contribution in [0.4, 0.5) is 5.69 Å². The van der Waals surface area contributed by atoms with Crippen molar-refractivity contribution >= 4 is 35.8 Å². The largest absolute Gasteiger partial charge is 0.399 e. The van der Waals surface area contributed by atoms with E-state index in [0.29, 0.717) is 0 Å². The van der Waals surface area contributed by atoms with Crippen LogP contribution in [-0.2, 0) is 17.6 Å². The van der Waals surface area contributed by atoms with Gasteiger partial charge in [-0.3, -0.25) is 4.79 Å². The Hall–Kier alpha value is -1.65. The molecule has 2 aromatic rings. The van der Waals surface area contributed by atoms with E-state index in [2.05, 4.69) is 35.6 Å². The summed E-state index contributed by atoms with van der Waals surface area (Å²) in [6.45, 7) is 0. The minimum atomic E-state index is -0.0888. The first-order chi connectivity index (χ1) is 11.7. The van der Waals surface area contributed by atoms with Crippen LogP contribution in [0.15, 0.2) is 42.5 Å². The van der Waals surface area contributed by atoms with Crippen molar-refractivity contribution < 1.29 is 4.79 Å². The highest BCUT2D eigenvalue weighted by molar-refractivity contribution is 8.00. The number of carbonyl (C=O) groups excluding carboxylic acids is 1. The molecule has 1 aliphatic heterocycles. The van der Waals surface area contributed by atoms with Crippen LogP contribution in [0.25, 0.3) is 0 Å². The Morgan fingerprint density at radius 1 is 1.08 bits per heavy atom. The summed E-state index contributed by atoms with van der Waals surface area (Å²) in [6, 6.07) is 14.5. The van der Waals surface area contributed by atoms with Gasteiger partial charge >= 0.3 is 0 Å². The lowest BCUT2D eigenvalue weighted by molar-refractivity contribution is -0.121. The van der Waals surface area contributed by atoms with E-state index in [9.17, 15) is 4.79 Å². The number of halogens is 1. The topological polar surface area (TPSA) is 55.1 Å². The number of thioether (sulfide) groups is 1. The van der Waals surface area contributed by atoms with Gasteiger partial charge in [-0.05, 0) is 65.8 Å². The van der Waals surface area contributed by atoms with E-state index >= 15 is 0 Å². The molecule has 0 aromatic heterocycles. The fraction of sp³-hybridized carbons (Fsp3) is 0.350. The van der Waals surface area contributed by atoms with Gasteiger partial charge in [-0.15, -0.1) is 24.2 Å². The third-order valence-electron chi connectivity index (χ3n) is 5.03. The monoisotopic (exact) mass is 374 g/mol. The lowest BCUT2D eigenvalue weighted by Gasteiger charge is -2.30. The SMILES string of the molecule is Cl.Nc1ccc2c(c1)CCCC2NC(=O)C1SCCc2ccccc21. The molecule has 2 unspecified atom stereocenters. The molecule has 4 rings (SSSR count). The molecule has 3 nitrogen and oxygen atoms in total. The lowest BCUT2D eigenvalue weighted by Crippen LogP contribution is -2.35. The van der Waals surface area contributed by atoms with Crippen molar-refractivity contribution in [2.75, 3.05) is 11.5 Å². The Labute approximate surface area is 159 Å². The van der Waals surface area contributed by atoms with Crippen molar-refractivity contribution in [2.45, 2.75) is 37.0 Å². The number of nitrogens with one attached hydrogen (secondary N) is 1. The number of rotatable bonds is 2. The van der Waals surface area contributed by atoms with Gasteiger partial charge in [-0.25, -0.2) is 0 Å². The number of aryl methyl sites for hydroxylation is 2. The van der Waals surface area contributed by atoms with Crippen LogP contribution in [0, 0.1) is 0 Å². The Bertz CT molecular complexity index is 780. The first kappa shape index (κ1) is 18.2. The minimum absolute atomic E-state index is 0. The van der Waals surface area contributed by atoms with E-state index in [1.54, 1.807) is 11.8 Å². The van der Waals surface area contributed by atoms with Crippen LogP contribution in [0.1, 0.15) is 46.4 Å². The van der Waals surface area contributed by atoms with Crippen LogP contribution < -0.4 is 11.1 Å². The van der Waals surface area contributed by atoms with Crippen molar-refractivity contribution in [1.29, 1.82) is 0 Å². The first-order valence-electron chi connectivity index (χ1n) is 8.60. The summed E-state index contributed by atoms with van der Waals surface area (Å²) in [7, 11) is 0. The van der Waals surface area contributed by atoms with Gasteiger partial charge in [-0.2, -0.15) is 0 Å². The molecule has 3 N–H and O–H groups in total. The molecule has 1 amide bonds. The zero-order valence-electron chi connectivity index (χ0n) is 14.0. The fourth-order valence-electron chi connectivity index (χ4n) is 3.84. The average molecular weight is 375 g/mol. The van der Waals surface area contributed by atoms with E-state index in [1.165, 1.54) is 22.3 Å². The molecular formula is C20H23ClN2OS. The zero-order valence-corrected chi connectivity index (χ0v) is 15.7. The highest BCUT2D eigenvalue weighted by atomic mass is 35.5. The highest BCUT2D eigenvalue weighted by Gasteiger charge is 2.30. The van der Waals surface area contributed by atoms with Gasteiger partial charge in [0.25, 0.3) is 0 Å². The lowest BCUT2D eigenvalue weighted by atomic mass is 9.87. The second kappa shape index (κ2) is 7.71. The third-order valence-corrected chi connectivity index (χ3v) is 6.27. The molecule has 2 aromatic carbocycles. The van der Waals surface area contributed by atoms with Crippen LogP contribution in [0.2, 0.25) is 0 Å². The molecule has 0 radical (unpaired) electrons. The molecule has 2 aliphatic rings. The second-order valence-electron chi connectivity index (χ2n) is 6.61. The Balaban J connectivity index is 0.00000182. The van der Waals surface area contributed by atoms with Crippen LogP contribution >= 0.6 is 24.2 Å². The van der Waals surface area contributed by atoms with Crippen LogP contribution in [-0.4, -0.2) is 11.7 Å². The van der Waals surface area contributed by atoms with Crippen molar-refractivity contribution in [3.05, 3.63) is 64.7 Å². The number of anilines is 1. The summed E-state index contributed by atoms with van der Waals surface area (Å²) in [5, 5.41) is 3.22. The molecule has 0 bridgehead atoms. The maximum Gasteiger partial charge on any atom is 0.238 e. The summed E-state index contributed by atoms with van der Waals surface area (Å²) in [6.07, 6.45) is 4.20. The molecule has 1 heterocycles. The fourth-order valence-corrected chi connectivity index (χ4v) is 5.05. The van der Waals surface area contributed by atoms with Gasteiger partial charge in [0.2, 0.25) is 5.91 Å². The summed E-state index contributed by atoms with van der Waals surface area (Å²) in [5.41, 5.74) is 11.7. The molecule has 25 heavy (non-hydrogen) atoms. The van der Waals surface area contributed by atoms with E-state index in [-0.39, 0.29) is 29.6 Å². The predicted molar refractivity (Wildman–Crippen MR) is 107 cm³/mol. The molecule has 1 aliphatic carbocycles. The quantitative estimate of drug-likeness (QED) is 0.774. The first-order valence-corrected chi connectivity index (χ1v) is 9.65. The summed E-state index contributed by atoms with van der Waals surface area (Å²) in [5.74, 6) is 1.15. The van der Waals surface area contributed by atoms with Crippen LogP contribution in [0.3, 0.4) is 0 Å². The molecule has 132 valence electrons. The number of nitrogen functional groups attached to an aromatic ring is 1. The molecule has 0 fully saturated rings. The van der Waals surface area contributed by atoms with Gasteiger partial charge in [0.05, 0.1) is 6.04 Å². The van der Waals surface area contributed by atoms with E-state index in [0.717, 1.165) is 37.1 Å². The Morgan fingerprint density at radius 3 is 2.80 bits per heavy atom. The molecule has 0 saturated heterocycles. The molecule has 0 spiro atoms. The van der Waals surface area contributed by atoms with Crippen molar-refractivity contribution in [1.82, 2.24) is 5.32 Å². The molecule has 0 saturated carbocycles. The molecule has 2 atom stereocenters. The van der Waals surface area contributed by atoms with Crippen molar-refractivity contribution in [3.8, 4) is 0 Å². The number of benzene rings is 2. The molecular weight excluding hydrogens is 352 g/mol. The van der Waals surface area contributed by atoms with Crippen LogP contribution in [0.5, 0.6) is 0 Å². The number of hydrogen-bond acceptors (Lipinski definition) is 3. The smallest absolute Gasteiger partial charge is 0.238 e. The van der Waals surface area contributed by atoms with Gasteiger partial charge < -0.3 is 11.1 Å². The highest BCUT2D eigenvalue weighted by Crippen LogP contribution is 2.38. The number of carbonyl (C=O) groups is 1. The number of fused-ring (bicyclic) bond motifs is 2. The molecule has 5 heteroatoms. The standard InChI is InChI=1S/C20H22N2OS.ClH/c21-15-8-9-16-14(12-15)5-3-7-18(16)22-20(23)19-17-6-2-1-4-13(17)10-11-24-19;/h1-2,4,6,8-9,12,18-19H,3,5,7,10-11,21H2,(H,22,23);1H. The second-order valence-corrected chi connectivity index (χ2v) is 7.82. The maximum absolute atomic E-state index is 12.9. The van der Waals surface area contributed by atoms with Gasteiger partial charge in [0.15, 0.2) is 0 Å². The zero-order chi connectivity index (χ0) is 16.5. The summed E-state index contributed by atoms with van der Waals surface area (Å²) in [4.78, 5) is 12.9. The normalized spacial score (nSPS) is 21.4. The number of amides is 1. The summed E-state index contributed by atoms with van der Waals surface area (Å²) < 4.78 is 0. The van der Waals surface area contributed by atoms with Crippen molar-refractivity contribution in [2.24, 2.45) is 0 Å². The number of nitrogens with two attached hydrogens (primary N) is 1. The van der Waals surface area contributed by atoms with Gasteiger partial charge in [-0.1, -0.05) is 30.3 Å². The summed E-state index contributed by atoms with van der Waals surface area (Å²) >= 11 is 1.75. The van der Waals surface area contributed by atoms with E-state index in [4.69, 9.17) is 5.73 Å². The Morgan fingerprint density at radius 2 is 1.92 bits per heavy atom. The van der Waals surface area contributed by atoms with E-state index in [1.807, 2.05) is 12.1 Å². The predicted octanol–water partition coefficient (Wildman–Crippen LogP) is 4.21. The van der Waals surface area contributed by atoms with E-state index < -0.39 is 0 Å². The maximum atomic E-state index is 12.9. The van der Waals surface area contributed by atoms with Gasteiger partial charge in [0.1, 0.15) is 5.25 Å². The van der Waals surface area contributed by atoms with Gasteiger partial charge in [0, 0.05) is 5.69 Å². The minimum Gasteiger partial charge on any atom is -0.399 e. The third kappa shape index (κ3) is 3.65. The Kier molecular flexibility index (Phi) is 5.60.